The van der Waals surface area contributed by atoms with Crippen molar-refractivity contribution in [3.05, 3.63) is 34.9 Å². The summed E-state index contributed by atoms with van der Waals surface area (Å²) >= 11 is 6.01. The van der Waals surface area contributed by atoms with Gasteiger partial charge in [-0.25, -0.2) is 0 Å². The van der Waals surface area contributed by atoms with E-state index in [1.54, 1.807) is 7.05 Å². The maximum Gasteiger partial charge on any atom is 0.191 e. The molecule has 1 saturated heterocycles. The third-order valence-electron chi connectivity index (χ3n) is 4.37. The lowest BCUT2D eigenvalue weighted by molar-refractivity contribution is -0.0174. The Morgan fingerprint density at radius 1 is 1.44 bits per heavy atom. The maximum atomic E-state index is 6.01. The molecule has 142 valence electrons. The highest BCUT2D eigenvalue weighted by Crippen LogP contribution is 2.11. The summed E-state index contributed by atoms with van der Waals surface area (Å²) in [6.45, 7) is 8.77. The number of hydrogen-bond acceptors (Lipinski definition) is 3. The number of nitrogens with zero attached hydrogens (tertiary/aromatic N) is 2. The lowest BCUT2D eigenvalue weighted by Crippen LogP contribution is -2.53. The van der Waals surface area contributed by atoms with E-state index in [1.165, 1.54) is 5.56 Å². The van der Waals surface area contributed by atoms with Crippen LogP contribution in [0.4, 0.5) is 0 Å². The van der Waals surface area contributed by atoms with E-state index >= 15 is 0 Å². The zero-order valence-electron chi connectivity index (χ0n) is 15.3. The smallest absolute Gasteiger partial charge is 0.191 e. The molecule has 0 amide bonds. The van der Waals surface area contributed by atoms with Crippen LogP contribution in [0.2, 0.25) is 5.02 Å². The van der Waals surface area contributed by atoms with Crippen molar-refractivity contribution >= 4 is 41.5 Å². The van der Waals surface area contributed by atoms with Gasteiger partial charge in [-0.1, -0.05) is 23.7 Å². The van der Waals surface area contributed by atoms with E-state index in [1.807, 2.05) is 18.2 Å². The summed E-state index contributed by atoms with van der Waals surface area (Å²) in [4.78, 5) is 6.78. The minimum atomic E-state index is 0. The van der Waals surface area contributed by atoms with Crippen LogP contribution in [0.5, 0.6) is 0 Å². The fourth-order valence-corrected chi connectivity index (χ4v) is 3.21. The molecule has 0 aromatic heterocycles. The van der Waals surface area contributed by atoms with Crippen LogP contribution in [0.25, 0.3) is 0 Å². The van der Waals surface area contributed by atoms with Crippen LogP contribution in [0, 0.1) is 0 Å². The van der Waals surface area contributed by atoms with Crippen molar-refractivity contribution in [3.8, 4) is 0 Å². The molecule has 25 heavy (non-hydrogen) atoms. The summed E-state index contributed by atoms with van der Waals surface area (Å²) in [5, 5.41) is 7.56. The van der Waals surface area contributed by atoms with Crippen LogP contribution in [0.15, 0.2) is 29.3 Å². The topological polar surface area (TPSA) is 48.9 Å². The molecule has 1 fully saturated rings. The van der Waals surface area contributed by atoms with Crippen LogP contribution in [-0.4, -0.2) is 62.8 Å². The second-order valence-corrected chi connectivity index (χ2v) is 6.71. The van der Waals surface area contributed by atoms with Gasteiger partial charge < -0.3 is 15.4 Å². The number of morpholine rings is 1. The van der Waals surface area contributed by atoms with E-state index < -0.39 is 0 Å². The fraction of sp³-hybridized carbons (Fsp3) is 0.611. The van der Waals surface area contributed by atoms with Gasteiger partial charge in [0.05, 0.1) is 13.2 Å². The first kappa shape index (κ1) is 22.5. The van der Waals surface area contributed by atoms with E-state index in [9.17, 15) is 0 Å². The monoisotopic (exact) mass is 480 g/mol. The molecule has 1 aliphatic heterocycles. The Morgan fingerprint density at radius 3 is 2.92 bits per heavy atom. The van der Waals surface area contributed by atoms with E-state index in [0.717, 1.165) is 50.3 Å². The highest BCUT2D eigenvalue weighted by Gasteiger charge is 2.23. The third-order valence-corrected chi connectivity index (χ3v) is 4.60. The maximum absolute atomic E-state index is 6.01. The zero-order chi connectivity index (χ0) is 17.4. The van der Waals surface area contributed by atoms with Crippen LogP contribution in [0.1, 0.15) is 19.4 Å². The van der Waals surface area contributed by atoms with Gasteiger partial charge in [-0.3, -0.25) is 9.89 Å². The molecule has 0 aliphatic carbocycles. The molecule has 0 radical (unpaired) electrons. The average molecular weight is 481 g/mol. The lowest BCUT2D eigenvalue weighted by Gasteiger charge is -2.38. The summed E-state index contributed by atoms with van der Waals surface area (Å²) in [5.41, 5.74) is 1.22. The molecule has 1 aliphatic rings. The third kappa shape index (κ3) is 7.68. The molecule has 0 saturated carbocycles. The summed E-state index contributed by atoms with van der Waals surface area (Å²) in [6, 6.07) is 8.87. The number of benzene rings is 1. The van der Waals surface area contributed by atoms with Crippen molar-refractivity contribution in [1.82, 2.24) is 15.5 Å². The Bertz CT molecular complexity index is 544. The van der Waals surface area contributed by atoms with Gasteiger partial charge in [0, 0.05) is 43.8 Å². The van der Waals surface area contributed by atoms with Crippen LogP contribution in [-0.2, 0) is 11.2 Å². The van der Waals surface area contributed by atoms with Crippen LogP contribution < -0.4 is 10.6 Å². The van der Waals surface area contributed by atoms with E-state index in [4.69, 9.17) is 16.3 Å². The molecule has 2 rings (SSSR count). The highest BCUT2D eigenvalue weighted by molar-refractivity contribution is 14.0. The number of hydrogen-bond donors (Lipinski definition) is 2. The Labute approximate surface area is 173 Å². The molecule has 2 N–H and O–H groups in total. The average Bonchev–Trinajstić information content (AvgIpc) is 2.58. The summed E-state index contributed by atoms with van der Waals surface area (Å²) in [6.07, 6.45) is 0.914. The number of rotatable bonds is 6. The Hall–Kier alpha value is -0.570. The lowest BCUT2D eigenvalue weighted by atomic mass is 10.1. The molecule has 1 aromatic carbocycles. The van der Waals surface area contributed by atoms with Crippen molar-refractivity contribution in [2.24, 2.45) is 4.99 Å². The number of guanidine groups is 1. The number of aliphatic imine (C=N–C) groups is 1. The standard InChI is InChI=1S/C18H29ClN4O.HI/c1-14(23-9-10-24-13-15(23)2)12-22-18(20-3)21-8-7-16-5-4-6-17(19)11-16;/h4-6,11,14-15H,7-10,12-13H2,1-3H3,(H2,20,21,22);1H. The molecule has 1 heterocycles. The molecule has 2 atom stereocenters. The number of ether oxygens (including phenoxy) is 1. The second-order valence-electron chi connectivity index (χ2n) is 6.27. The van der Waals surface area contributed by atoms with Gasteiger partial charge in [-0.05, 0) is 38.0 Å². The van der Waals surface area contributed by atoms with Crippen molar-refractivity contribution in [1.29, 1.82) is 0 Å². The van der Waals surface area contributed by atoms with Crippen molar-refractivity contribution in [2.45, 2.75) is 32.4 Å². The molecule has 1 aromatic rings. The van der Waals surface area contributed by atoms with Gasteiger partial charge in [0.2, 0.25) is 0 Å². The minimum Gasteiger partial charge on any atom is -0.379 e. The Kier molecular flexibility index (Phi) is 10.7. The molecule has 5 nitrogen and oxygen atoms in total. The molecular weight excluding hydrogens is 451 g/mol. The van der Waals surface area contributed by atoms with Gasteiger partial charge in [0.1, 0.15) is 0 Å². The van der Waals surface area contributed by atoms with Crippen molar-refractivity contribution in [2.75, 3.05) is 39.9 Å². The number of nitrogens with one attached hydrogen (secondary N) is 2. The van der Waals surface area contributed by atoms with Gasteiger partial charge in [-0.2, -0.15) is 0 Å². The Balaban J connectivity index is 0.00000312. The Morgan fingerprint density at radius 2 is 2.24 bits per heavy atom. The molecule has 0 spiro atoms. The van der Waals surface area contributed by atoms with Crippen molar-refractivity contribution in [3.63, 3.8) is 0 Å². The zero-order valence-corrected chi connectivity index (χ0v) is 18.4. The van der Waals surface area contributed by atoms with E-state index in [0.29, 0.717) is 12.1 Å². The summed E-state index contributed by atoms with van der Waals surface area (Å²) < 4.78 is 5.50. The first-order valence-electron chi connectivity index (χ1n) is 8.62. The second kappa shape index (κ2) is 11.9. The summed E-state index contributed by atoms with van der Waals surface area (Å²) in [7, 11) is 1.80. The van der Waals surface area contributed by atoms with Gasteiger partial charge in [-0.15, -0.1) is 24.0 Å². The molecule has 0 bridgehead atoms. The first-order valence-corrected chi connectivity index (χ1v) is 9.00. The predicted molar refractivity (Wildman–Crippen MR) is 116 cm³/mol. The predicted octanol–water partition coefficient (Wildman–Crippen LogP) is 2.77. The van der Waals surface area contributed by atoms with Gasteiger partial charge in [0.25, 0.3) is 0 Å². The molecule has 2 unspecified atom stereocenters. The van der Waals surface area contributed by atoms with Gasteiger partial charge in [0.15, 0.2) is 5.96 Å². The van der Waals surface area contributed by atoms with Crippen molar-refractivity contribution < 1.29 is 4.74 Å². The molecule has 7 heteroatoms. The van der Waals surface area contributed by atoms with E-state index in [2.05, 4.69) is 40.4 Å². The number of halogens is 2. The highest BCUT2D eigenvalue weighted by atomic mass is 127. The SMILES string of the molecule is CN=C(NCCc1cccc(Cl)c1)NCC(C)N1CCOCC1C.I. The quantitative estimate of drug-likeness (QED) is 0.373. The van der Waals surface area contributed by atoms with E-state index in [-0.39, 0.29) is 24.0 Å². The first-order chi connectivity index (χ1) is 11.6. The van der Waals surface area contributed by atoms with Crippen LogP contribution in [0.3, 0.4) is 0 Å². The fourth-order valence-electron chi connectivity index (χ4n) is 2.99. The molecular formula is C18H30ClIN4O. The normalized spacial score (nSPS) is 19.8. The van der Waals surface area contributed by atoms with Gasteiger partial charge >= 0.3 is 0 Å². The van der Waals surface area contributed by atoms with Crippen LogP contribution >= 0.6 is 35.6 Å². The summed E-state index contributed by atoms with van der Waals surface area (Å²) in [5.74, 6) is 0.838. The largest absolute Gasteiger partial charge is 0.379 e. The minimum absolute atomic E-state index is 0.